The first-order valence-corrected chi connectivity index (χ1v) is 5.29. The van der Waals surface area contributed by atoms with E-state index in [-0.39, 0.29) is 39.5 Å². The van der Waals surface area contributed by atoms with E-state index < -0.39 is 0 Å². The summed E-state index contributed by atoms with van der Waals surface area (Å²) in [7, 11) is 0. The predicted octanol–water partition coefficient (Wildman–Crippen LogP) is 1.95. The molecule has 9 nitrogen and oxygen atoms in total. The number of nitrogens with zero attached hydrogens (tertiary/aromatic N) is 5. The van der Waals surface area contributed by atoms with Gasteiger partial charge in [0.1, 0.15) is 22.7 Å². The zero-order chi connectivity index (χ0) is 15.3. The molecule has 0 atom stereocenters. The van der Waals surface area contributed by atoms with Gasteiger partial charge in [0.2, 0.25) is 5.75 Å². The summed E-state index contributed by atoms with van der Waals surface area (Å²) in [6, 6.07) is 0. The maximum atomic E-state index is 10.9. The second kappa shape index (κ2) is 6.52. The van der Waals surface area contributed by atoms with Crippen LogP contribution in [0.4, 0.5) is 28.4 Å². The molecule has 0 amide bonds. The Morgan fingerprint density at radius 1 is 1.10 bits per heavy atom. The highest BCUT2D eigenvalue weighted by atomic mass is 16.9. The van der Waals surface area contributed by atoms with Crippen LogP contribution in [0.3, 0.4) is 0 Å². The minimum absolute atomic E-state index is 0.0618. The van der Waals surface area contributed by atoms with E-state index in [0.717, 1.165) is 0 Å². The fourth-order valence-corrected chi connectivity index (χ4v) is 1.59. The normalized spacial score (nSPS) is 10.8. The molecule has 0 saturated carbocycles. The molecule has 20 heavy (non-hydrogen) atoms. The molecule has 0 fully saturated rings. The van der Waals surface area contributed by atoms with Crippen LogP contribution in [0.5, 0.6) is 5.75 Å². The van der Waals surface area contributed by atoms with Crippen molar-refractivity contribution in [1.82, 2.24) is 5.34 Å². The second-order valence-electron chi connectivity index (χ2n) is 3.38. The monoisotopic (exact) mass is 276 g/mol. The number of aliphatic imine (C=N–C) groups is 4. The molecule has 1 rings (SSSR count). The molecule has 0 spiro atoms. The highest BCUT2D eigenvalue weighted by molar-refractivity contribution is 5.99. The number of hydrogen-bond acceptors (Lipinski definition) is 9. The van der Waals surface area contributed by atoms with E-state index in [2.05, 4.69) is 40.1 Å². The number of hydrazine groups is 1. The van der Waals surface area contributed by atoms with Gasteiger partial charge in [0.15, 0.2) is 0 Å². The maximum Gasteiger partial charge on any atom is 0.203 e. The van der Waals surface area contributed by atoms with E-state index in [1.165, 1.54) is 6.21 Å². The van der Waals surface area contributed by atoms with Gasteiger partial charge in [-0.15, -0.1) is 5.34 Å². The highest BCUT2D eigenvalue weighted by Crippen LogP contribution is 2.54. The Morgan fingerprint density at radius 2 is 1.65 bits per heavy atom. The fourth-order valence-electron chi connectivity index (χ4n) is 1.59. The zero-order valence-corrected chi connectivity index (χ0v) is 10.9. The lowest BCUT2D eigenvalue weighted by Gasteiger charge is -2.24. The molecule has 1 aromatic rings. The minimum Gasteiger partial charge on any atom is -0.738 e. The average molecular weight is 276 g/mol. The summed E-state index contributed by atoms with van der Waals surface area (Å²) in [6.07, 6.45) is 1.46. The van der Waals surface area contributed by atoms with Crippen LogP contribution in [0.25, 0.3) is 0 Å². The van der Waals surface area contributed by atoms with Crippen molar-refractivity contribution in [1.29, 1.82) is 0 Å². The number of nitrogens with two attached hydrogens (primary N) is 2. The molecule has 0 aliphatic rings. The molecule has 4 N–H and O–H groups in total. The summed E-state index contributed by atoms with van der Waals surface area (Å²) in [4.78, 5) is 20.1. The van der Waals surface area contributed by atoms with E-state index in [4.69, 9.17) is 16.4 Å². The van der Waals surface area contributed by atoms with Crippen LogP contribution in [0.1, 0.15) is 6.92 Å². The number of rotatable bonds is 6. The summed E-state index contributed by atoms with van der Waals surface area (Å²) < 4.78 is 0. The van der Waals surface area contributed by atoms with Crippen molar-refractivity contribution < 1.29 is 4.84 Å². The summed E-state index contributed by atoms with van der Waals surface area (Å²) in [5.41, 5.74) is 6.56. The van der Waals surface area contributed by atoms with Crippen LogP contribution >= 0.6 is 0 Å². The Hall–Kier alpha value is -2.62. The van der Waals surface area contributed by atoms with Gasteiger partial charge < -0.3 is 15.8 Å². The lowest BCUT2D eigenvalue weighted by atomic mass is 10.1. The Bertz CT molecular complexity index is 581. The van der Waals surface area contributed by atoms with E-state index >= 15 is 0 Å². The lowest BCUT2D eigenvalue weighted by Crippen LogP contribution is -2.27. The zero-order valence-electron chi connectivity index (χ0n) is 10.9. The molecule has 0 aromatic heterocycles. The first kappa shape index (κ1) is 15.4. The van der Waals surface area contributed by atoms with Crippen LogP contribution in [-0.4, -0.2) is 31.7 Å². The van der Waals surface area contributed by atoms with Gasteiger partial charge in [-0.2, -0.15) is 0 Å². The number of benzene rings is 1. The molecule has 0 aliphatic carbocycles. The largest absolute Gasteiger partial charge is 0.738 e. The molecule has 0 saturated heterocycles. The first-order chi connectivity index (χ1) is 9.51. The standard InChI is InChI=1S/C11H14N7O2/c1-5-17-10-9(16-4)7(14-2)6(12)8(15-3)11(10)20-18(13)19/h5H,2-4,12-13H2,1H3/q-1. The second-order valence-corrected chi connectivity index (χ2v) is 3.38. The summed E-state index contributed by atoms with van der Waals surface area (Å²) in [5.74, 6) is 4.85. The van der Waals surface area contributed by atoms with Crippen LogP contribution in [0.15, 0.2) is 20.0 Å². The summed E-state index contributed by atoms with van der Waals surface area (Å²) in [6.45, 7) is 11.8. The van der Waals surface area contributed by atoms with Gasteiger partial charge in [0.25, 0.3) is 0 Å². The molecule has 9 heteroatoms. The molecular weight excluding hydrogens is 262 g/mol. The molecular formula is C11H14N7O2-. The van der Waals surface area contributed by atoms with Crippen molar-refractivity contribution in [3.63, 3.8) is 0 Å². The van der Waals surface area contributed by atoms with Crippen molar-refractivity contribution in [2.75, 3.05) is 5.73 Å². The number of nitrogen functional groups attached to an aromatic ring is 1. The Kier molecular flexibility index (Phi) is 5.03. The predicted molar refractivity (Wildman–Crippen MR) is 82.3 cm³/mol. The highest BCUT2D eigenvalue weighted by Gasteiger charge is 2.23. The Labute approximate surface area is 115 Å². The van der Waals surface area contributed by atoms with Gasteiger partial charge >= 0.3 is 0 Å². The third kappa shape index (κ3) is 2.69. The molecule has 0 heterocycles. The summed E-state index contributed by atoms with van der Waals surface area (Å²) >= 11 is 0. The van der Waals surface area contributed by atoms with Gasteiger partial charge in [-0.3, -0.25) is 20.0 Å². The van der Waals surface area contributed by atoms with Crippen LogP contribution < -0.4 is 16.4 Å². The quantitative estimate of drug-likeness (QED) is 0.354. The van der Waals surface area contributed by atoms with Crippen molar-refractivity contribution in [3.05, 3.63) is 5.21 Å². The number of hydrogen-bond donors (Lipinski definition) is 2. The van der Waals surface area contributed by atoms with Gasteiger partial charge in [-0.1, -0.05) is 0 Å². The maximum absolute atomic E-state index is 10.9. The minimum atomic E-state index is -0.258. The van der Waals surface area contributed by atoms with E-state index in [1.807, 2.05) is 0 Å². The van der Waals surface area contributed by atoms with Crippen LogP contribution in [0, 0.1) is 5.21 Å². The van der Waals surface area contributed by atoms with Crippen molar-refractivity contribution in [2.45, 2.75) is 6.92 Å². The third-order valence-electron chi connectivity index (χ3n) is 2.30. The smallest absolute Gasteiger partial charge is 0.203 e. The van der Waals surface area contributed by atoms with Crippen molar-refractivity contribution in [3.8, 4) is 5.75 Å². The van der Waals surface area contributed by atoms with Crippen LogP contribution in [-0.2, 0) is 0 Å². The third-order valence-corrected chi connectivity index (χ3v) is 2.30. The fraction of sp³-hybridized carbons (Fsp3) is 0.0909. The Balaban J connectivity index is 3.86. The summed E-state index contributed by atoms with van der Waals surface area (Å²) in [5, 5.41) is 10.7. The van der Waals surface area contributed by atoms with E-state index in [0.29, 0.717) is 0 Å². The van der Waals surface area contributed by atoms with Gasteiger partial charge in [0.05, 0.1) is 5.69 Å². The molecule has 0 aliphatic heterocycles. The van der Waals surface area contributed by atoms with Crippen molar-refractivity contribution >= 4 is 54.8 Å². The molecule has 1 aromatic carbocycles. The SMILES string of the molecule is C=Nc1c(N)c(N=C)c(ON(N)[O-])c(N=CC)c1N=C. The van der Waals surface area contributed by atoms with Crippen molar-refractivity contribution in [2.24, 2.45) is 25.8 Å². The van der Waals surface area contributed by atoms with Crippen LogP contribution in [0.2, 0.25) is 0 Å². The molecule has 0 radical (unpaired) electrons. The topological polar surface area (TPSA) is 137 Å². The van der Waals surface area contributed by atoms with E-state index in [9.17, 15) is 5.21 Å². The Morgan fingerprint density at radius 3 is 2.05 bits per heavy atom. The van der Waals surface area contributed by atoms with Gasteiger partial charge in [-0.25, -0.2) is 5.84 Å². The first-order valence-electron chi connectivity index (χ1n) is 5.29. The number of anilines is 1. The molecule has 0 unspecified atom stereocenters. The van der Waals surface area contributed by atoms with Gasteiger partial charge in [0, 0.05) is 6.21 Å². The molecule has 0 bridgehead atoms. The molecule has 106 valence electrons. The average Bonchev–Trinajstić information content (AvgIpc) is 2.41. The van der Waals surface area contributed by atoms with E-state index in [1.54, 1.807) is 6.92 Å². The lowest BCUT2D eigenvalue weighted by molar-refractivity contribution is -0.00650. The van der Waals surface area contributed by atoms with Gasteiger partial charge in [-0.05, 0) is 27.1 Å².